The molecule has 33 heavy (non-hydrogen) atoms. The van der Waals surface area contributed by atoms with Crippen molar-refractivity contribution in [2.45, 2.75) is 6.42 Å². The molecule has 0 amide bonds. The molecule has 172 valence electrons. The maximum atomic E-state index is 11.2. The lowest BCUT2D eigenvalue weighted by atomic mass is 10.2. The number of hydrogen-bond acceptors (Lipinski definition) is 8. The molecule has 0 aliphatic carbocycles. The molecule has 9 heteroatoms. The maximum absolute atomic E-state index is 11.2. The number of rotatable bonds is 9. The van der Waals surface area contributed by atoms with Crippen molar-refractivity contribution in [2.24, 2.45) is 0 Å². The van der Waals surface area contributed by atoms with Crippen LogP contribution < -0.4 is 10.1 Å². The molecule has 1 saturated heterocycles. The molecule has 1 aromatic heterocycles. The van der Waals surface area contributed by atoms with Gasteiger partial charge in [-0.2, -0.15) is 0 Å². The standard InChI is InChI=1S/C24H27N5O4/c1-32-20-7-3-18(4-8-20)5-10-23-26-22-17-19(29(30)31)6-9-21(22)24(27-23)25-11-2-12-28-13-15-33-16-14-28/h3-10,17H,2,11-16H2,1H3,(H,25,26,27). The molecule has 3 aromatic rings. The van der Waals surface area contributed by atoms with E-state index in [0.29, 0.717) is 17.2 Å². The van der Waals surface area contributed by atoms with Gasteiger partial charge in [-0.05, 0) is 42.8 Å². The number of fused-ring (bicyclic) bond motifs is 1. The smallest absolute Gasteiger partial charge is 0.271 e. The number of non-ortho nitro benzene ring substituents is 1. The van der Waals surface area contributed by atoms with Gasteiger partial charge >= 0.3 is 0 Å². The number of methoxy groups -OCH3 is 1. The first-order chi connectivity index (χ1) is 16.1. The molecular formula is C24H27N5O4. The quantitative estimate of drug-likeness (QED) is 0.299. The molecule has 4 rings (SSSR count). The van der Waals surface area contributed by atoms with Gasteiger partial charge in [-0.3, -0.25) is 15.0 Å². The number of hydrogen-bond donors (Lipinski definition) is 1. The van der Waals surface area contributed by atoms with Crippen LogP contribution in [0, 0.1) is 10.1 Å². The number of benzene rings is 2. The maximum Gasteiger partial charge on any atom is 0.271 e. The van der Waals surface area contributed by atoms with Crippen molar-refractivity contribution in [2.75, 3.05) is 51.8 Å². The highest BCUT2D eigenvalue weighted by molar-refractivity contribution is 5.91. The van der Waals surface area contributed by atoms with Crippen LogP contribution in [-0.4, -0.2) is 66.3 Å². The zero-order chi connectivity index (χ0) is 23.0. The lowest BCUT2D eigenvalue weighted by molar-refractivity contribution is -0.384. The van der Waals surface area contributed by atoms with Crippen LogP contribution in [0.4, 0.5) is 11.5 Å². The number of nitrogens with zero attached hydrogens (tertiary/aromatic N) is 4. The summed E-state index contributed by atoms with van der Waals surface area (Å²) >= 11 is 0. The number of aromatic nitrogens is 2. The van der Waals surface area contributed by atoms with Crippen LogP contribution in [0.5, 0.6) is 5.75 Å². The van der Waals surface area contributed by atoms with Crippen molar-refractivity contribution in [3.05, 3.63) is 64.0 Å². The monoisotopic (exact) mass is 449 g/mol. The molecule has 0 radical (unpaired) electrons. The summed E-state index contributed by atoms with van der Waals surface area (Å²) in [5.41, 5.74) is 1.51. The topological polar surface area (TPSA) is 103 Å². The number of ether oxygens (including phenoxy) is 2. The Morgan fingerprint density at radius 1 is 1.15 bits per heavy atom. The van der Waals surface area contributed by atoms with Gasteiger partial charge in [0.15, 0.2) is 5.82 Å². The van der Waals surface area contributed by atoms with Crippen LogP contribution in [0.2, 0.25) is 0 Å². The fourth-order valence-electron chi connectivity index (χ4n) is 3.68. The second-order valence-corrected chi connectivity index (χ2v) is 7.73. The van der Waals surface area contributed by atoms with Gasteiger partial charge < -0.3 is 14.8 Å². The molecule has 2 aromatic carbocycles. The second kappa shape index (κ2) is 10.8. The Balaban J connectivity index is 1.53. The van der Waals surface area contributed by atoms with E-state index in [0.717, 1.165) is 62.5 Å². The number of anilines is 1. The van der Waals surface area contributed by atoms with E-state index < -0.39 is 4.92 Å². The van der Waals surface area contributed by atoms with Crippen molar-refractivity contribution in [3.63, 3.8) is 0 Å². The average molecular weight is 450 g/mol. The minimum Gasteiger partial charge on any atom is -0.497 e. The first-order valence-electron chi connectivity index (χ1n) is 10.9. The third-order valence-corrected chi connectivity index (χ3v) is 5.50. The van der Waals surface area contributed by atoms with E-state index in [1.807, 2.05) is 30.3 Å². The molecule has 0 unspecified atom stereocenters. The highest BCUT2D eigenvalue weighted by Gasteiger charge is 2.13. The second-order valence-electron chi connectivity index (χ2n) is 7.73. The molecule has 1 N–H and O–H groups in total. The van der Waals surface area contributed by atoms with Crippen LogP contribution in [0.25, 0.3) is 23.1 Å². The third-order valence-electron chi connectivity index (χ3n) is 5.50. The normalized spacial score (nSPS) is 14.6. The molecule has 1 fully saturated rings. The molecule has 0 atom stereocenters. The molecule has 0 spiro atoms. The third kappa shape index (κ3) is 6.03. The van der Waals surface area contributed by atoms with Gasteiger partial charge in [-0.1, -0.05) is 18.2 Å². The zero-order valence-corrected chi connectivity index (χ0v) is 18.6. The number of nitro benzene ring substituents is 1. The SMILES string of the molecule is COc1ccc(C=Cc2nc(NCCCN3CCOCC3)c3ccc([N+](=O)[O-])cc3n2)cc1. The van der Waals surface area contributed by atoms with E-state index in [9.17, 15) is 10.1 Å². The summed E-state index contributed by atoms with van der Waals surface area (Å²) in [6.07, 6.45) is 4.66. The molecular weight excluding hydrogens is 422 g/mol. The Bertz CT molecular complexity index is 1130. The minimum absolute atomic E-state index is 0.00421. The van der Waals surface area contributed by atoms with Crippen LogP contribution in [0.15, 0.2) is 42.5 Å². The Hall–Kier alpha value is -3.56. The highest BCUT2D eigenvalue weighted by Crippen LogP contribution is 2.25. The van der Waals surface area contributed by atoms with Gasteiger partial charge in [0.25, 0.3) is 5.69 Å². The van der Waals surface area contributed by atoms with Crippen molar-refractivity contribution in [1.29, 1.82) is 0 Å². The Kier molecular flexibility index (Phi) is 7.43. The highest BCUT2D eigenvalue weighted by atomic mass is 16.6. The van der Waals surface area contributed by atoms with E-state index in [4.69, 9.17) is 9.47 Å². The Labute approximate surface area is 192 Å². The number of nitrogens with one attached hydrogen (secondary N) is 1. The summed E-state index contributed by atoms with van der Waals surface area (Å²) in [6, 6.07) is 12.3. The summed E-state index contributed by atoms with van der Waals surface area (Å²) in [6.45, 7) is 5.21. The lowest BCUT2D eigenvalue weighted by Gasteiger charge is -2.26. The Morgan fingerprint density at radius 2 is 1.94 bits per heavy atom. The van der Waals surface area contributed by atoms with E-state index in [1.54, 1.807) is 19.3 Å². The molecule has 2 heterocycles. The predicted molar refractivity (Wildman–Crippen MR) is 128 cm³/mol. The predicted octanol–water partition coefficient (Wildman–Crippen LogP) is 3.85. The van der Waals surface area contributed by atoms with Crippen LogP contribution >= 0.6 is 0 Å². The van der Waals surface area contributed by atoms with Gasteiger partial charge in [0, 0.05) is 37.2 Å². The van der Waals surface area contributed by atoms with E-state index in [-0.39, 0.29) is 5.69 Å². The van der Waals surface area contributed by atoms with Gasteiger partial charge in [-0.25, -0.2) is 9.97 Å². The molecule has 1 aliphatic rings. The van der Waals surface area contributed by atoms with Gasteiger partial charge in [0.2, 0.25) is 0 Å². The molecule has 9 nitrogen and oxygen atoms in total. The van der Waals surface area contributed by atoms with Crippen LogP contribution in [0.3, 0.4) is 0 Å². The van der Waals surface area contributed by atoms with Gasteiger partial charge in [0.05, 0.1) is 30.8 Å². The summed E-state index contributed by atoms with van der Waals surface area (Å²) in [4.78, 5) is 22.4. The largest absolute Gasteiger partial charge is 0.497 e. The lowest BCUT2D eigenvalue weighted by Crippen LogP contribution is -2.37. The minimum atomic E-state index is -0.413. The van der Waals surface area contributed by atoms with Crippen molar-refractivity contribution < 1.29 is 14.4 Å². The van der Waals surface area contributed by atoms with Crippen molar-refractivity contribution in [1.82, 2.24) is 14.9 Å². The first kappa shape index (κ1) is 22.6. The Morgan fingerprint density at radius 3 is 2.67 bits per heavy atom. The molecule has 0 bridgehead atoms. The van der Waals surface area contributed by atoms with Gasteiger partial charge in [-0.15, -0.1) is 0 Å². The van der Waals surface area contributed by atoms with E-state index in [2.05, 4.69) is 20.2 Å². The van der Waals surface area contributed by atoms with Crippen molar-refractivity contribution >= 4 is 34.6 Å². The molecule has 0 saturated carbocycles. The van der Waals surface area contributed by atoms with Crippen LogP contribution in [0.1, 0.15) is 17.8 Å². The van der Waals surface area contributed by atoms with Crippen LogP contribution in [-0.2, 0) is 4.74 Å². The van der Waals surface area contributed by atoms with E-state index in [1.165, 1.54) is 12.1 Å². The zero-order valence-electron chi connectivity index (χ0n) is 18.6. The summed E-state index contributed by atoms with van der Waals surface area (Å²) < 4.78 is 10.6. The average Bonchev–Trinajstić information content (AvgIpc) is 2.85. The fraction of sp³-hybridized carbons (Fsp3) is 0.333. The summed E-state index contributed by atoms with van der Waals surface area (Å²) in [7, 11) is 1.63. The first-order valence-corrected chi connectivity index (χ1v) is 10.9. The number of nitro groups is 1. The fourth-order valence-corrected chi connectivity index (χ4v) is 3.68. The van der Waals surface area contributed by atoms with Crippen molar-refractivity contribution in [3.8, 4) is 5.75 Å². The molecule has 1 aliphatic heterocycles. The summed E-state index contributed by atoms with van der Waals surface area (Å²) in [5.74, 6) is 1.94. The summed E-state index contributed by atoms with van der Waals surface area (Å²) in [5, 5.41) is 15.4. The number of morpholine rings is 1. The van der Waals surface area contributed by atoms with Gasteiger partial charge in [0.1, 0.15) is 11.6 Å². The van der Waals surface area contributed by atoms with E-state index >= 15 is 0 Å².